The molecule has 4 nitrogen and oxygen atoms in total. The van der Waals surface area contributed by atoms with Crippen LogP contribution in [0.15, 0.2) is 12.1 Å². The molecule has 0 unspecified atom stereocenters. The molecule has 2 heterocycles. The van der Waals surface area contributed by atoms with Crippen LogP contribution in [0.3, 0.4) is 0 Å². The summed E-state index contributed by atoms with van der Waals surface area (Å²) in [5.41, 5.74) is -0.755. The molecule has 9 heteroatoms. The van der Waals surface area contributed by atoms with Gasteiger partial charge in [0.2, 0.25) is 5.78 Å². The summed E-state index contributed by atoms with van der Waals surface area (Å²) in [4.78, 5) is 15.8. The number of rotatable bonds is 3. The average molecular weight is 336 g/mol. The van der Waals surface area contributed by atoms with Gasteiger partial charge in [0, 0.05) is 0 Å². The van der Waals surface area contributed by atoms with E-state index >= 15 is 0 Å². The Bertz CT molecular complexity index is 685. The molecule has 0 amide bonds. The third-order valence-electron chi connectivity index (χ3n) is 2.65. The Morgan fingerprint density at radius 3 is 2.52 bits per heavy atom. The van der Waals surface area contributed by atoms with Crippen molar-refractivity contribution in [1.29, 1.82) is 0 Å². The molecule has 2 rings (SSSR count). The number of alkyl halides is 3. The lowest BCUT2D eigenvalue weighted by atomic mass is 10.0. The van der Waals surface area contributed by atoms with Crippen molar-refractivity contribution in [1.82, 2.24) is 14.6 Å². The Kier molecular flexibility index (Phi) is 4.29. The lowest BCUT2D eigenvalue weighted by Crippen LogP contribution is -2.11. The van der Waals surface area contributed by atoms with Gasteiger partial charge in [-0.25, -0.2) is 4.98 Å². The second-order valence-corrected chi connectivity index (χ2v) is 5.62. The monoisotopic (exact) mass is 335 g/mol. The molecule has 0 aliphatic heterocycles. The molecule has 0 fully saturated rings. The minimum Gasteiger partial charge on any atom is -0.287 e. The molecule has 0 radical (unpaired) electrons. The summed E-state index contributed by atoms with van der Waals surface area (Å²) in [5, 5.41) is 3.36. The van der Waals surface area contributed by atoms with Gasteiger partial charge >= 0.3 is 6.18 Å². The zero-order valence-corrected chi connectivity index (χ0v) is 12.5. The summed E-state index contributed by atoms with van der Waals surface area (Å²) < 4.78 is 41.3. The fourth-order valence-electron chi connectivity index (χ4n) is 1.62. The molecule has 0 aliphatic carbocycles. The first-order valence-electron chi connectivity index (χ1n) is 5.82. The van der Waals surface area contributed by atoms with Gasteiger partial charge in [-0.1, -0.05) is 29.9 Å². The van der Waals surface area contributed by atoms with Crippen LogP contribution in [0.1, 0.15) is 46.4 Å². The lowest BCUT2D eigenvalue weighted by Gasteiger charge is -2.08. The van der Waals surface area contributed by atoms with Crippen LogP contribution in [-0.2, 0) is 6.18 Å². The Morgan fingerprint density at radius 1 is 1.33 bits per heavy atom. The van der Waals surface area contributed by atoms with Gasteiger partial charge in [-0.05, 0) is 29.6 Å². The van der Waals surface area contributed by atoms with Crippen molar-refractivity contribution < 1.29 is 18.0 Å². The SMILES string of the molecule is CC(C)c1nnsc1C(=O)c1ccc(C(F)(F)F)nc1Cl. The molecule has 0 saturated carbocycles. The van der Waals surface area contributed by atoms with E-state index in [2.05, 4.69) is 14.6 Å². The maximum absolute atomic E-state index is 12.5. The summed E-state index contributed by atoms with van der Waals surface area (Å²) in [6.07, 6.45) is -4.61. The Morgan fingerprint density at radius 2 is 2.00 bits per heavy atom. The van der Waals surface area contributed by atoms with Crippen LogP contribution in [0.5, 0.6) is 0 Å². The van der Waals surface area contributed by atoms with Gasteiger partial charge < -0.3 is 0 Å². The van der Waals surface area contributed by atoms with Gasteiger partial charge in [0.25, 0.3) is 0 Å². The number of hydrogen-bond donors (Lipinski definition) is 0. The van der Waals surface area contributed by atoms with Crippen molar-refractivity contribution in [2.75, 3.05) is 0 Å². The minimum absolute atomic E-state index is 0.0381. The van der Waals surface area contributed by atoms with Crippen LogP contribution >= 0.6 is 23.1 Å². The maximum Gasteiger partial charge on any atom is 0.433 e. The van der Waals surface area contributed by atoms with E-state index in [0.29, 0.717) is 5.69 Å². The largest absolute Gasteiger partial charge is 0.433 e. The molecule has 0 bridgehead atoms. The Hall–Kier alpha value is -1.54. The highest BCUT2D eigenvalue weighted by molar-refractivity contribution is 7.08. The van der Waals surface area contributed by atoms with Crippen LogP contribution < -0.4 is 0 Å². The van der Waals surface area contributed by atoms with Gasteiger partial charge in [0.05, 0.1) is 11.3 Å². The second-order valence-electron chi connectivity index (χ2n) is 4.50. The fraction of sp³-hybridized carbons (Fsp3) is 0.333. The number of nitrogens with zero attached hydrogens (tertiary/aromatic N) is 3. The Labute approximate surface area is 127 Å². The molecular weight excluding hydrogens is 327 g/mol. The van der Waals surface area contributed by atoms with Gasteiger partial charge in [-0.15, -0.1) is 5.10 Å². The first-order valence-corrected chi connectivity index (χ1v) is 6.97. The van der Waals surface area contributed by atoms with Crippen molar-refractivity contribution in [3.63, 3.8) is 0 Å². The van der Waals surface area contributed by atoms with E-state index in [9.17, 15) is 18.0 Å². The quantitative estimate of drug-likeness (QED) is 0.629. The van der Waals surface area contributed by atoms with Crippen LogP contribution in [-0.4, -0.2) is 20.4 Å². The smallest absolute Gasteiger partial charge is 0.287 e. The molecule has 0 atom stereocenters. The van der Waals surface area contributed by atoms with E-state index in [0.717, 1.165) is 23.7 Å². The molecular formula is C12H9ClF3N3OS. The number of hydrogen-bond acceptors (Lipinski definition) is 5. The highest BCUT2D eigenvalue weighted by Gasteiger charge is 2.33. The predicted octanol–water partition coefficient (Wildman–Crippen LogP) is 3.96. The Balaban J connectivity index is 2.43. The van der Waals surface area contributed by atoms with E-state index < -0.39 is 22.8 Å². The molecule has 0 N–H and O–H groups in total. The number of carbonyl (C=O) groups excluding carboxylic acids is 1. The molecule has 2 aromatic rings. The first-order chi connectivity index (χ1) is 9.71. The van der Waals surface area contributed by atoms with Crippen molar-refractivity contribution >= 4 is 28.9 Å². The molecule has 112 valence electrons. The number of pyridine rings is 1. The summed E-state index contributed by atoms with van der Waals surface area (Å²) >= 11 is 6.59. The molecule has 0 aromatic carbocycles. The van der Waals surface area contributed by atoms with Crippen LogP contribution in [0.4, 0.5) is 13.2 Å². The summed E-state index contributed by atoms with van der Waals surface area (Å²) in [5.74, 6) is -0.566. The van der Waals surface area contributed by atoms with Crippen molar-refractivity contribution in [2.45, 2.75) is 25.9 Å². The van der Waals surface area contributed by atoms with E-state index in [1.807, 2.05) is 13.8 Å². The third-order valence-corrected chi connectivity index (χ3v) is 3.68. The third kappa shape index (κ3) is 3.21. The van der Waals surface area contributed by atoms with Crippen molar-refractivity contribution in [3.05, 3.63) is 39.1 Å². The van der Waals surface area contributed by atoms with Gasteiger partial charge in [0.15, 0.2) is 0 Å². The standard InChI is InChI=1S/C12H9ClF3N3OS/c1-5(2)8-10(21-19-18-8)9(20)6-3-4-7(12(14,15)16)17-11(6)13/h3-5H,1-2H3. The van der Waals surface area contributed by atoms with Crippen LogP contribution in [0.2, 0.25) is 5.15 Å². The highest BCUT2D eigenvalue weighted by Crippen LogP contribution is 2.31. The number of halogens is 4. The maximum atomic E-state index is 12.5. The highest BCUT2D eigenvalue weighted by atomic mass is 35.5. The zero-order valence-electron chi connectivity index (χ0n) is 10.9. The first kappa shape index (κ1) is 15.8. The topological polar surface area (TPSA) is 55.7 Å². The van der Waals surface area contributed by atoms with Crippen LogP contribution in [0, 0.1) is 0 Å². The summed E-state index contributed by atoms with van der Waals surface area (Å²) in [6, 6.07) is 1.74. The van der Waals surface area contributed by atoms with E-state index in [1.165, 1.54) is 0 Å². The van der Waals surface area contributed by atoms with E-state index in [4.69, 9.17) is 11.6 Å². The van der Waals surface area contributed by atoms with Crippen molar-refractivity contribution in [2.24, 2.45) is 0 Å². The predicted molar refractivity (Wildman–Crippen MR) is 71.7 cm³/mol. The normalized spacial score (nSPS) is 12.0. The number of carbonyl (C=O) groups is 1. The number of aromatic nitrogens is 3. The van der Waals surface area contributed by atoms with Gasteiger partial charge in [-0.3, -0.25) is 4.79 Å². The molecule has 21 heavy (non-hydrogen) atoms. The van der Waals surface area contributed by atoms with Crippen LogP contribution in [0.25, 0.3) is 0 Å². The van der Waals surface area contributed by atoms with E-state index in [-0.39, 0.29) is 16.4 Å². The lowest BCUT2D eigenvalue weighted by molar-refractivity contribution is -0.141. The second kappa shape index (κ2) is 5.69. The molecule has 0 spiro atoms. The van der Waals surface area contributed by atoms with Crippen molar-refractivity contribution in [3.8, 4) is 0 Å². The molecule has 0 saturated heterocycles. The van der Waals surface area contributed by atoms with Gasteiger partial charge in [0.1, 0.15) is 15.7 Å². The summed E-state index contributed by atoms with van der Waals surface area (Å²) in [6.45, 7) is 3.67. The fourth-order valence-corrected chi connectivity index (χ4v) is 2.63. The number of ketones is 1. The molecule has 2 aromatic heterocycles. The zero-order chi connectivity index (χ0) is 15.8. The summed E-state index contributed by atoms with van der Waals surface area (Å²) in [7, 11) is 0. The minimum atomic E-state index is -4.61. The average Bonchev–Trinajstić information content (AvgIpc) is 2.86. The van der Waals surface area contributed by atoms with E-state index in [1.54, 1.807) is 0 Å². The van der Waals surface area contributed by atoms with Gasteiger partial charge in [-0.2, -0.15) is 13.2 Å². The molecule has 0 aliphatic rings.